The van der Waals surface area contributed by atoms with E-state index in [4.69, 9.17) is 4.52 Å². The third-order valence-corrected chi connectivity index (χ3v) is 5.72. The molecule has 2 aromatic heterocycles. The Morgan fingerprint density at radius 1 is 1.33 bits per heavy atom. The van der Waals surface area contributed by atoms with Crippen LogP contribution in [0.5, 0.6) is 0 Å². The van der Waals surface area contributed by atoms with E-state index >= 15 is 0 Å². The summed E-state index contributed by atoms with van der Waals surface area (Å²) >= 11 is 0. The zero-order valence-electron chi connectivity index (χ0n) is 18.7. The van der Waals surface area contributed by atoms with Gasteiger partial charge in [-0.05, 0) is 37.3 Å². The Kier molecular flexibility index (Phi) is 6.54. The van der Waals surface area contributed by atoms with Crippen molar-refractivity contribution in [1.82, 2.24) is 19.6 Å². The Morgan fingerprint density at radius 3 is 2.88 bits per heavy atom. The van der Waals surface area contributed by atoms with Gasteiger partial charge in [-0.3, -0.25) is 14.9 Å². The summed E-state index contributed by atoms with van der Waals surface area (Å²) < 4.78 is 6.86. The number of allylic oxidation sites excluding steroid dienone is 1. The van der Waals surface area contributed by atoms with Gasteiger partial charge in [-0.2, -0.15) is 5.26 Å². The van der Waals surface area contributed by atoms with Gasteiger partial charge < -0.3 is 14.0 Å². The molecule has 9 nitrogen and oxygen atoms in total. The first-order valence-corrected chi connectivity index (χ1v) is 11.1. The molecular weight excluding hydrogens is 420 g/mol. The number of aromatic nitrogens is 3. The van der Waals surface area contributed by atoms with Crippen LogP contribution in [0.3, 0.4) is 0 Å². The van der Waals surface area contributed by atoms with Crippen LogP contribution >= 0.6 is 0 Å². The van der Waals surface area contributed by atoms with Crippen LogP contribution in [0, 0.1) is 17.2 Å². The maximum absolute atomic E-state index is 13.1. The highest BCUT2D eigenvalue weighted by molar-refractivity contribution is 6.02. The summed E-state index contributed by atoms with van der Waals surface area (Å²) in [4.78, 5) is 32.0. The van der Waals surface area contributed by atoms with Crippen LogP contribution in [0.2, 0.25) is 0 Å². The monoisotopic (exact) mass is 446 g/mol. The largest absolute Gasteiger partial charge is 0.351 e. The number of amides is 2. The molecule has 0 unspecified atom stereocenters. The van der Waals surface area contributed by atoms with Crippen LogP contribution in [0.25, 0.3) is 11.0 Å². The molecule has 33 heavy (non-hydrogen) atoms. The normalized spacial score (nSPS) is 16.4. The molecule has 1 aromatic carbocycles. The van der Waals surface area contributed by atoms with Crippen molar-refractivity contribution in [3.63, 3.8) is 0 Å². The van der Waals surface area contributed by atoms with Crippen molar-refractivity contribution < 1.29 is 14.1 Å². The lowest BCUT2D eigenvalue weighted by atomic mass is 10.1. The second-order valence-corrected chi connectivity index (χ2v) is 8.52. The molecule has 1 saturated heterocycles. The molecule has 0 spiro atoms. The van der Waals surface area contributed by atoms with Crippen LogP contribution in [-0.2, 0) is 11.3 Å². The van der Waals surface area contributed by atoms with Gasteiger partial charge in [0.25, 0.3) is 11.8 Å². The van der Waals surface area contributed by atoms with Crippen molar-refractivity contribution in [1.29, 1.82) is 5.26 Å². The third-order valence-electron chi connectivity index (χ3n) is 5.72. The number of imidazole rings is 1. The number of rotatable bonds is 7. The number of carbonyl (C=O) groups is 2. The van der Waals surface area contributed by atoms with Crippen molar-refractivity contribution in [3.05, 3.63) is 53.9 Å². The fourth-order valence-electron chi connectivity index (χ4n) is 4.04. The number of nitrogens with one attached hydrogen (secondary N) is 1. The minimum absolute atomic E-state index is 0.0835. The molecule has 0 radical (unpaired) electrons. The zero-order chi connectivity index (χ0) is 23.4. The molecule has 0 aliphatic carbocycles. The number of hydrogen-bond acceptors (Lipinski definition) is 6. The lowest BCUT2D eigenvalue weighted by molar-refractivity contribution is -0.127. The van der Waals surface area contributed by atoms with E-state index in [9.17, 15) is 14.9 Å². The second kappa shape index (κ2) is 9.69. The van der Waals surface area contributed by atoms with E-state index in [-0.39, 0.29) is 23.3 Å². The minimum atomic E-state index is -0.452. The first kappa shape index (κ1) is 22.3. The third kappa shape index (κ3) is 4.80. The fourth-order valence-corrected chi connectivity index (χ4v) is 4.04. The minimum Gasteiger partial charge on any atom is -0.351 e. The van der Waals surface area contributed by atoms with E-state index < -0.39 is 5.91 Å². The number of anilines is 1. The predicted octanol–water partition coefficient (Wildman–Crippen LogP) is 3.76. The van der Waals surface area contributed by atoms with Gasteiger partial charge in [-0.1, -0.05) is 37.2 Å². The Labute approximate surface area is 191 Å². The van der Waals surface area contributed by atoms with Gasteiger partial charge in [-0.15, -0.1) is 0 Å². The molecule has 0 bridgehead atoms. The number of nitriles is 1. The first-order chi connectivity index (χ1) is 16.0. The summed E-state index contributed by atoms with van der Waals surface area (Å²) in [6.07, 6.45) is 5.47. The van der Waals surface area contributed by atoms with Gasteiger partial charge in [0.15, 0.2) is 0 Å². The van der Waals surface area contributed by atoms with Crippen LogP contribution in [0.15, 0.2) is 52.7 Å². The summed E-state index contributed by atoms with van der Waals surface area (Å²) in [5.41, 5.74) is 1.77. The standard InChI is InChI=1S/C24H26N6O3/c1-16(2)9-10-17(14-25)23(32)29-13-5-6-18(29)15-30-20-8-4-3-7-19(20)27-24(30)28-22(31)21-11-12-26-33-21/h3-4,7-8,10-12,16,18H,5-6,9,13,15H2,1-2H3,(H,27,28,31)/b17-10+/t18-/m1/s1. The zero-order valence-corrected chi connectivity index (χ0v) is 18.7. The van der Waals surface area contributed by atoms with E-state index in [0.29, 0.717) is 31.4 Å². The topological polar surface area (TPSA) is 117 Å². The van der Waals surface area contributed by atoms with Crippen LogP contribution < -0.4 is 5.32 Å². The van der Waals surface area contributed by atoms with Crippen molar-refractivity contribution >= 4 is 28.8 Å². The van der Waals surface area contributed by atoms with Gasteiger partial charge in [0.2, 0.25) is 11.7 Å². The quantitative estimate of drug-likeness (QED) is 0.436. The molecular formula is C24H26N6O3. The van der Waals surface area contributed by atoms with E-state index in [1.807, 2.05) is 42.7 Å². The Balaban J connectivity index is 1.61. The van der Waals surface area contributed by atoms with Gasteiger partial charge in [-0.25, -0.2) is 4.98 Å². The summed E-state index contributed by atoms with van der Waals surface area (Å²) in [5.74, 6) is 0.125. The van der Waals surface area contributed by atoms with E-state index in [0.717, 1.165) is 23.9 Å². The molecule has 170 valence electrons. The highest BCUT2D eigenvalue weighted by atomic mass is 16.5. The van der Waals surface area contributed by atoms with Gasteiger partial charge in [0.05, 0.1) is 23.3 Å². The van der Waals surface area contributed by atoms with Crippen LogP contribution in [0.4, 0.5) is 5.95 Å². The maximum atomic E-state index is 13.1. The molecule has 3 heterocycles. The van der Waals surface area contributed by atoms with Crippen molar-refractivity contribution in [2.45, 2.75) is 45.7 Å². The summed E-state index contributed by atoms with van der Waals surface area (Å²) in [7, 11) is 0. The van der Waals surface area contributed by atoms with Gasteiger partial charge in [0.1, 0.15) is 11.6 Å². The average molecular weight is 447 g/mol. The molecule has 9 heteroatoms. The van der Waals surface area contributed by atoms with Crippen molar-refractivity contribution in [2.24, 2.45) is 5.92 Å². The Bertz CT molecular complexity index is 1220. The Hall–Kier alpha value is -3.93. The van der Waals surface area contributed by atoms with E-state index in [2.05, 4.69) is 21.5 Å². The number of likely N-dealkylation sites (tertiary alicyclic amines) is 1. The summed E-state index contributed by atoms with van der Waals surface area (Å²) in [5, 5.41) is 15.9. The maximum Gasteiger partial charge on any atom is 0.296 e. The number of hydrogen-bond donors (Lipinski definition) is 1. The highest BCUT2D eigenvalue weighted by Crippen LogP contribution is 2.26. The average Bonchev–Trinajstić information content (AvgIpc) is 3.55. The number of fused-ring (bicyclic) bond motifs is 1. The summed E-state index contributed by atoms with van der Waals surface area (Å²) in [6.45, 7) is 5.14. The lowest BCUT2D eigenvalue weighted by Gasteiger charge is -2.26. The van der Waals surface area contributed by atoms with Gasteiger partial charge in [0, 0.05) is 19.2 Å². The molecule has 1 aliphatic heterocycles. The van der Waals surface area contributed by atoms with Crippen molar-refractivity contribution in [2.75, 3.05) is 11.9 Å². The molecule has 0 saturated carbocycles. The van der Waals surface area contributed by atoms with E-state index in [1.165, 1.54) is 12.3 Å². The summed E-state index contributed by atoms with van der Waals surface area (Å²) in [6, 6.07) is 11.0. The molecule has 1 aliphatic rings. The van der Waals surface area contributed by atoms with Crippen LogP contribution in [0.1, 0.15) is 43.7 Å². The number of benzene rings is 1. The van der Waals surface area contributed by atoms with Crippen LogP contribution in [-0.4, -0.2) is 44.0 Å². The van der Waals surface area contributed by atoms with E-state index in [1.54, 1.807) is 11.0 Å². The molecule has 4 rings (SSSR count). The SMILES string of the molecule is CC(C)C/C=C(\C#N)C(=O)N1CCC[C@@H]1Cn1c(NC(=O)c2ccno2)nc2ccccc21. The lowest BCUT2D eigenvalue weighted by Crippen LogP contribution is -2.39. The van der Waals surface area contributed by atoms with Crippen molar-refractivity contribution in [3.8, 4) is 6.07 Å². The smallest absolute Gasteiger partial charge is 0.296 e. The highest BCUT2D eigenvalue weighted by Gasteiger charge is 2.32. The molecule has 1 atom stereocenters. The molecule has 2 amide bonds. The second-order valence-electron chi connectivity index (χ2n) is 8.52. The first-order valence-electron chi connectivity index (χ1n) is 11.1. The van der Waals surface area contributed by atoms with Gasteiger partial charge >= 0.3 is 0 Å². The molecule has 3 aromatic rings. The Morgan fingerprint density at radius 2 is 2.15 bits per heavy atom. The molecule has 1 N–H and O–H groups in total. The predicted molar refractivity (Wildman–Crippen MR) is 122 cm³/mol. The molecule has 1 fully saturated rings. The number of carbonyl (C=O) groups excluding carboxylic acids is 2. The number of nitrogens with zero attached hydrogens (tertiary/aromatic N) is 5. The number of para-hydroxylation sites is 2. The fraction of sp³-hybridized carbons (Fsp3) is 0.375.